The van der Waals surface area contributed by atoms with Crippen molar-refractivity contribution in [2.75, 3.05) is 7.11 Å². The van der Waals surface area contributed by atoms with Gasteiger partial charge in [0, 0.05) is 0 Å². The molecule has 6 heteroatoms. The molecule has 0 unspecified atom stereocenters. The van der Waals surface area contributed by atoms with E-state index in [-0.39, 0.29) is 24.6 Å². The number of methoxy groups -OCH3 is 1. The number of ether oxygens (including phenoxy) is 1. The maximum atomic E-state index is 10.5. The maximum Gasteiger partial charge on any atom is 0.320 e. The van der Waals surface area contributed by atoms with Crippen molar-refractivity contribution < 1.29 is 19.7 Å². The molecule has 0 saturated carbocycles. The summed E-state index contributed by atoms with van der Waals surface area (Å²) in [5.41, 5.74) is 6.08. The Balaban J connectivity index is 0.00000225. The maximum absolute atomic E-state index is 10.5. The van der Waals surface area contributed by atoms with Crippen LogP contribution < -0.4 is 10.5 Å². The van der Waals surface area contributed by atoms with Crippen LogP contribution in [0.2, 0.25) is 0 Å². The summed E-state index contributed by atoms with van der Waals surface area (Å²) in [5, 5.41) is 17.9. The van der Waals surface area contributed by atoms with Gasteiger partial charge in [-0.3, -0.25) is 4.79 Å². The number of aliphatic carboxylic acids is 1. The van der Waals surface area contributed by atoms with E-state index in [9.17, 15) is 9.90 Å². The zero-order valence-electron chi connectivity index (χ0n) is 8.71. The molecule has 0 bridgehead atoms. The molecule has 0 radical (unpaired) electrons. The molecule has 0 aromatic heterocycles. The number of rotatable bonds is 4. The van der Waals surface area contributed by atoms with Gasteiger partial charge in [-0.25, -0.2) is 0 Å². The fourth-order valence-corrected chi connectivity index (χ4v) is 1.19. The fourth-order valence-electron chi connectivity index (χ4n) is 1.19. The van der Waals surface area contributed by atoms with Crippen LogP contribution in [0.15, 0.2) is 18.2 Å². The predicted molar refractivity (Wildman–Crippen MR) is 61.2 cm³/mol. The number of phenols is 1. The fraction of sp³-hybridized carbons (Fsp3) is 0.300. The first-order valence-electron chi connectivity index (χ1n) is 4.39. The number of carboxylic acids is 1. The molecule has 0 heterocycles. The standard InChI is InChI=1S/C10H13NO4.ClH/c1-15-9-5-6(2-3-8(9)12)4-7(11)10(13)14;/h2-3,5,7,12H,4,11H2,1H3,(H,13,14);1H/t7-;/m0./s1. The van der Waals surface area contributed by atoms with Gasteiger partial charge in [-0.1, -0.05) is 6.07 Å². The van der Waals surface area contributed by atoms with Crippen molar-refractivity contribution in [3.05, 3.63) is 23.8 Å². The lowest BCUT2D eigenvalue weighted by Gasteiger charge is -2.08. The Bertz CT molecular complexity index is 370. The number of hydrogen-bond acceptors (Lipinski definition) is 4. The van der Waals surface area contributed by atoms with E-state index < -0.39 is 12.0 Å². The van der Waals surface area contributed by atoms with Crippen molar-refractivity contribution in [3.8, 4) is 11.5 Å². The van der Waals surface area contributed by atoms with E-state index in [2.05, 4.69) is 0 Å². The molecule has 5 nitrogen and oxygen atoms in total. The van der Waals surface area contributed by atoms with Crippen molar-refractivity contribution in [2.24, 2.45) is 5.73 Å². The summed E-state index contributed by atoms with van der Waals surface area (Å²) in [6.45, 7) is 0. The van der Waals surface area contributed by atoms with Gasteiger partial charge in [-0.2, -0.15) is 0 Å². The molecular formula is C10H14ClNO4. The SMILES string of the molecule is COc1cc(C[C@H](N)C(=O)O)ccc1O.Cl. The second-order valence-corrected chi connectivity index (χ2v) is 3.16. The van der Waals surface area contributed by atoms with E-state index in [0.29, 0.717) is 11.3 Å². The molecular weight excluding hydrogens is 234 g/mol. The van der Waals surface area contributed by atoms with Crippen molar-refractivity contribution in [1.29, 1.82) is 0 Å². The molecule has 0 spiro atoms. The monoisotopic (exact) mass is 247 g/mol. The van der Waals surface area contributed by atoms with Crippen LogP contribution in [-0.4, -0.2) is 29.3 Å². The molecule has 16 heavy (non-hydrogen) atoms. The number of benzene rings is 1. The highest BCUT2D eigenvalue weighted by atomic mass is 35.5. The highest BCUT2D eigenvalue weighted by Crippen LogP contribution is 2.26. The van der Waals surface area contributed by atoms with Crippen LogP contribution in [0.4, 0.5) is 0 Å². The minimum absolute atomic E-state index is 0. The molecule has 0 aliphatic carbocycles. The van der Waals surface area contributed by atoms with E-state index in [0.717, 1.165) is 0 Å². The van der Waals surface area contributed by atoms with Crippen molar-refractivity contribution in [1.82, 2.24) is 0 Å². The third-order valence-electron chi connectivity index (χ3n) is 2.02. The van der Waals surface area contributed by atoms with Gasteiger partial charge in [0.1, 0.15) is 6.04 Å². The minimum Gasteiger partial charge on any atom is -0.504 e. The first-order valence-corrected chi connectivity index (χ1v) is 4.39. The summed E-state index contributed by atoms with van der Waals surface area (Å²) >= 11 is 0. The van der Waals surface area contributed by atoms with Gasteiger partial charge in [-0.15, -0.1) is 12.4 Å². The number of hydrogen-bond donors (Lipinski definition) is 3. The summed E-state index contributed by atoms with van der Waals surface area (Å²) in [6.07, 6.45) is 0.200. The normalized spacial score (nSPS) is 11.4. The molecule has 0 saturated heterocycles. The quantitative estimate of drug-likeness (QED) is 0.731. The molecule has 4 N–H and O–H groups in total. The molecule has 1 atom stereocenters. The molecule has 0 fully saturated rings. The third kappa shape index (κ3) is 3.60. The Morgan fingerprint density at radius 1 is 1.56 bits per heavy atom. The van der Waals surface area contributed by atoms with Crippen molar-refractivity contribution in [3.63, 3.8) is 0 Å². The first-order chi connectivity index (χ1) is 7.04. The van der Waals surface area contributed by atoms with Crippen LogP contribution in [0.3, 0.4) is 0 Å². The molecule has 0 aliphatic rings. The zero-order valence-corrected chi connectivity index (χ0v) is 9.53. The number of phenolic OH excluding ortho intramolecular Hbond substituents is 1. The Kier molecular flexibility index (Phi) is 5.63. The molecule has 0 amide bonds. The Morgan fingerprint density at radius 2 is 2.19 bits per heavy atom. The third-order valence-corrected chi connectivity index (χ3v) is 2.02. The van der Waals surface area contributed by atoms with Crippen LogP contribution in [0, 0.1) is 0 Å². The summed E-state index contributed by atoms with van der Waals surface area (Å²) in [7, 11) is 1.43. The second-order valence-electron chi connectivity index (χ2n) is 3.16. The van der Waals surface area contributed by atoms with Gasteiger partial charge >= 0.3 is 5.97 Å². The topological polar surface area (TPSA) is 92.8 Å². The van der Waals surface area contributed by atoms with Crippen molar-refractivity contribution >= 4 is 18.4 Å². The number of halogens is 1. The molecule has 0 aliphatic heterocycles. The Morgan fingerprint density at radius 3 is 2.69 bits per heavy atom. The van der Waals surface area contributed by atoms with E-state index in [1.54, 1.807) is 12.1 Å². The lowest BCUT2D eigenvalue weighted by atomic mass is 10.1. The van der Waals surface area contributed by atoms with Crippen molar-refractivity contribution in [2.45, 2.75) is 12.5 Å². The average Bonchev–Trinajstić information content (AvgIpc) is 2.20. The van der Waals surface area contributed by atoms with Gasteiger partial charge in [0.05, 0.1) is 7.11 Å². The van der Waals surface area contributed by atoms with Gasteiger partial charge < -0.3 is 20.7 Å². The predicted octanol–water partition coefficient (Wildman–Crippen LogP) is 0.777. The summed E-state index contributed by atoms with van der Waals surface area (Å²) in [6, 6.07) is 3.68. The highest BCUT2D eigenvalue weighted by molar-refractivity contribution is 5.85. The number of carboxylic acid groups (broad SMARTS) is 1. The molecule has 1 rings (SSSR count). The number of carbonyl (C=O) groups is 1. The van der Waals surface area contributed by atoms with E-state index in [4.69, 9.17) is 15.6 Å². The smallest absolute Gasteiger partial charge is 0.320 e. The summed E-state index contributed by atoms with van der Waals surface area (Å²) in [4.78, 5) is 10.5. The van der Waals surface area contributed by atoms with Crippen LogP contribution in [-0.2, 0) is 11.2 Å². The molecule has 90 valence electrons. The van der Waals surface area contributed by atoms with E-state index in [1.165, 1.54) is 13.2 Å². The molecule has 1 aromatic rings. The minimum atomic E-state index is -1.05. The van der Waals surface area contributed by atoms with Crippen LogP contribution in [0.5, 0.6) is 11.5 Å². The van der Waals surface area contributed by atoms with Gasteiger partial charge in [0.25, 0.3) is 0 Å². The lowest BCUT2D eigenvalue weighted by molar-refractivity contribution is -0.138. The van der Waals surface area contributed by atoms with Crippen LogP contribution in [0.1, 0.15) is 5.56 Å². The average molecular weight is 248 g/mol. The van der Waals surface area contributed by atoms with E-state index in [1.807, 2.05) is 0 Å². The van der Waals surface area contributed by atoms with Crippen LogP contribution in [0.25, 0.3) is 0 Å². The van der Waals surface area contributed by atoms with Gasteiger partial charge in [0.2, 0.25) is 0 Å². The summed E-state index contributed by atoms with van der Waals surface area (Å²) < 4.78 is 4.89. The van der Waals surface area contributed by atoms with Gasteiger partial charge in [-0.05, 0) is 24.1 Å². The highest BCUT2D eigenvalue weighted by Gasteiger charge is 2.13. The number of nitrogens with two attached hydrogens (primary N) is 1. The van der Waals surface area contributed by atoms with Gasteiger partial charge in [0.15, 0.2) is 11.5 Å². The second kappa shape index (κ2) is 6.19. The van der Waals surface area contributed by atoms with E-state index >= 15 is 0 Å². The van der Waals surface area contributed by atoms with Crippen LogP contribution >= 0.6 is 12.4 Å². The molecule has 1 aromatic carbocycles. The Labute approximate surface area is 99.2 Å². The zero-order chi connectivity index (χ0) is 11.4. The largest absolute Gasteiger partial charge is 0.504 e. The summed E-state index contributed by atoms with van der Waals surface area (Å²) in [5.74, 6) is -0.725. The lowest BCUT2D eigenvalue weighted by Crippen LogP contribution is -2.32. The number of aromatic hydroxyl groups is 1. The first kappa shape index (κ1) is 14.5. The Hall–Kier alpha value is -1.46.